The number of halogens is 2. The highest BCUT2D eigenvalue weighted by Crippen LogP contribution is 2.69. The van der Waals surface area contributed by atoms with E-state index in [1.807, 2.05) is 84.9 Å². The summed E-state index contributed by atoms with van der Waals surface area (Å²) in [7, 11) is 0. The van der Waals surface area contributed by atoms with Crippen LogP contribution < -0.4 is 5.32 Å². The molecular formula is C31H22Cl2N2O3. The lowest BCUT2D eigenvalue weighted by atomic mass is 9.54. The van der Waals surface area contributed by atoms with Gasteiger partial charge < -0.3 is 5.32 Å². The first-order chi connectivity index (χ1) is 18.3. The van der Waals surface area contributed by atoms with Crippen molar-refractivity contribution in [3.8, 4) is 0 Å². The zero-order valence-electron chi connectivity index (χ0n) is 20.3. The molecule has 3 atom stereocenters. The summed E-state index contributed by atoms with van der Waals surface area (Å²) in [6.45, 7) is 1.57. The number of hydrogen-bond acceptors (Lipinski definition) is 3. The molecule has 1 aliphatic heterocycles. The van der Waals surface area contributed by atoms with Gasteiger partial charge in [-0.05, 0) is 40.6 Å². The van der Waals surface area contributed by atoms with Crippen LogP contribution in [0.25, 0.3) is 10.8 Å². The number of amides is 3. The minimum absolute atomic E-state index is 0.462. The summed E-state index contributed by atoms with van der Waals surface area (Å²) in [4.78, 5) is 40.2. The van der Waals surface area contributed by atoms with Crippen molar-refractivity contribution in [1.82, 2.24) is 4.90 Å². The molecule has 7 heteroatoms. The highest BCUT2D eigenvalue weighted by Gasteiger charge is 2.73. The van der Waals surface area contributed by atoms with Gasteiger partial charge in [0.1, 0.15) is 15.8 Å². The second kappa shape index (κ2) is 7.92. The molecule has 1 fully saturated rings. The molecule has 5 nitrogen and oxygen atoms in total. The van der Waals surface area contributed by atoms with Gasteiger partial charge in [0.05, 0.1) is 11.8 Å². The van der Waals surface area contributed by atoms with Gasteiger partial charge in [-0.25, -0.2) is 0 Å². The van der Waals surface area contributed by atoms with E-state index in [9.17, 15) is 14.4 Å². The number of nitrogens with zero attached hydrogens (tertiary/aromatic N) is 1. The molecule has 188 valence electrons. The van der Waals surface area contributed by atoms with E-state index in [0.717, 1.165) is 37.9 Å². The van der Waals surface area contributed by atoms with Gasteiger partial charge >= 0.3 is 0 Å². The van der Waals surface area contributed by atoms with Gasteiger partial charge in [-0.2, -0.15) is 0 Å². The fourth-order valence-electron chi connectivity index (χ4n) is 6.76. The molecule has 1 saturated heterocycles. The topological polar surface area (TPSA) is 66.5 Å². The van der Waals surface area contributed by atoms with Gasteiger partial charge in [0.25, 0.3) is 0 Å². The molecule has 0 aromatic heterocycles. The molecule has 0 saturated carbocycles. The second-order valence-electron chi connectivity index (χ2n) is 10.2. The van der Waals surface area contributed by atoms with E-state index in [0.29, 0.717) is 5.69 Å². The van der Waals surface area contributed by atoms with Crippen molar-refractivity contribution in [2.45, 2.75) is 22.7 Å². The van der Waals surface area contributed by atoms with E-state index in [2.05, 4.69) is 5.32 Å². The molecule has 3 amide bonds. The van der Waals surface area contributed by atoms with E-state index in [1.165, 1.54) is 0 Å². The zero-order valence-corrected chi connectivity index (χ0v) is 21.8. The Kier molecular flexibility index (Phi) is 4.89. The number of carbonyl (C=O) groups is 3. The van der Waals surface area contributed by atoms with E-state index < -0.39 is 45.3 Å². The van der Waals surface area contributed by atoms with Crippen LogP contribution in [-0.4, -0.2) is 28.7 Å². The number of anilines is 1. The van der Waals surface area contributed by atoms with Crippen LogP contribution in [-0.2, 0) is 24.1 Å². The Morgan fingerprint density at radius 2 is 1.18 bits per heavy atom. The van der Waals surface area contributed by atoms with Crippen molar-refractivity contribution < 1.29 is 14.4 Å². The standard InChI is InChI=1S/C31H22Cl2N2O3/c1-17(27(36)34-24-16-8-10-18-9-2-3-11-19(18)24)35-28(37)25-26(29(35)38)31(33)21-13-5-4-12-20(21)30(25,32)22-14-6-7-15-23(22)31/h2-17,25-26H,1H3,(H,34,36)/t17-,25-,26-,30?,31?/m1/s1. The van der Waals surface area contributed by atoms with Crippen molar-refractivity contribution in [3.63, 3.8) is 0 Å². The Hall–Kier alpha value is -3.67. The molecule has 1 N–H and O–H groups in total. The number of carbonyl (C=O) groups excluding carboxylic acids is 3. The van der Waals surface area contributed by atoms with Gasteiger partial charge in [0.2, 0.25) is 17.7 Å². The second-order valence-corrected chi connectivity index (χ2v) is 11.4. The third-order valence-electron chi connectivity index (χ3n) is 8.43. The number of benzene rings is 4. The van der Waals surface area contributed by atoms with Gasteiger partial charge in [-0.15, -0.1) is 23.2 Å². The van der Waals surface area contributed by atoms with E-state index >= 15 is 0 Å². The van der Waals surface area contributed by atoms with Gasteiger partial charge in [-0.1, -0.05) is 84.9 Å². The smallest absolute Gasteiger partial charge is 0.247 e. The SMILES string of the molecule is C[C@H](C(=O)Nc1cccc2ccccc12)N1C(=O)[C@H]2[C@H](C1=O)C1(Cl)c3ccccc3C2(Cl)c2ccccc21. The highest BCUT2D eigenvalue weighted by molar-refractivity contribution is 6.36. The average molecular weight is 541 g/mol. The van der Waals surface area contributed by atoms with Gasteiger partial charge in [0, 0.05) is 11.1 Å². The lowest BCUT2D eigenvalue weighted by Crippen LogP contribution is -2.57. The summed E-state index contributed by atoms with van der Waals surface area (Å²) in [5.41, 5.74) is 3.53. The number of hydrogen-bond donors (Lipinski definition) is 1. The van der Waals surface area contributed by atoms with Crippen molar-refractivity contribution in [2.24, 2.45) is 11.8 Å². The van der Waals surface area contributed by atoms with Crippen LogP contribution in [0, 0.1) is 11.8 Å². The van der Waals surface area contributed by atoms with Crippen LogP contribution in [0.4, 0.5) is 5.69 Å². The fraction of sp³-hybridized carbons (Fsp3) is 0.194. The number of fused-ring (bicyclic) bond motifs is 1. The molecule has 1 heterocycles. The molecule has 3 aliphatic carbocycles. The zero-order chi connectivity index (χ0) is 26.4. The lowest BCUT2D eigenvalue weighted by Gasteiger charge is -2.54. The first kappa shape index (κ1) is 23.4. The molecule has 0 spiro atoms. The Morgan fingerprint density at radius 3 is 1.71 bits per heavy atom. The van der Waals surface area contributed by atoms with Crippen LogP contribution in [0.3, 0.4) is 0 Å². The lowest BCUT2D eigenvalue weighted by molar-refractivity contribution is -0.146. The third kappa shape index (κ3) is 2.75. The van der Waals surface area contributed by atoms with Crippen molar-refractivity contribution >= 4 is 57.4 Å². The molecule has 4 aromatic carbocycles. The molecule has 8 rings (SSSR count). The Bertz CT molecular complexity index is 1570. The Balaban J connectivity index is 1.31. The van der Waals surface area contributed by atoms with Crippen molar-refractivity contribution in [2.75, 3.05) is 5.32 Å². The summed E-state index contributed by atoms with van der Waals surface area (Å²) in [6.07, 6.45) is 0. The molecular weight excluding hydrogens is 519 g/mol. The largest absolute Gasteiger partial charge is 0.324 e. The predicted octanol–water partition coefficient (Wildman–Crippen LogP) is 5.76. The van der Waals surface area contributed by atoms with Crippen LogP contribution in [0.15, 0.2) is 91.0 Å². The predicted molar refractivity (Wildman–Crippen MR) is 147 cm³/mol. The number of rotatable bonds is 3. The fourth-order valence-corrected chi connectivity index (χ4v) is 7.86. The van der Waals surface area contributed by atoms with Crippen LogP contribution in [0.2, 0.25) is 0 Å². The van der Waals surface area contributed by atoms with Crippen LogP contribution in [0.5, 0.6) is 0 Å². The van der Waals surface area contributed by atoms with Crippen molar-refractivity contribution in [1.29, 1.82) is 0 Å². The minimum Gasteiger partial charge on any atom is -0.324 e. The van der Waals surface area contributed by atoms with E-state index in [-0.39, 0.29) is 0 Å². The maximum atomic E-state index is 14.1. The maximum absolute atomic E-state index is 14.1. The number of nitrogens with one attached hydrogen (secondary N) is 1. The molecule has 38 heavy (non-hydrogen) atoms. The molecule has 4 aliphatic rings. The van der Waals surface area contributed by atoms with Crippen LogP contribution >= 0.6 is 23.2 Å². The molecule has 2 bridgehead atoms. The molecule has 0 unspecified atom stereocenters. The van der Waals surface area contributed by atoms with Crippen molar-refractivity contribution in [3.05, 3.63) is 113 Å². The summed E-state index contributed by atoms with van der Waals surface area (Å²) in [5.74, 6) is -3.30. The average Bonchev–Trinajstić information content (AvgIpc) is 3.22. The Morgan fingerprint density at radius 1 is 0.737 bits per heavy atom. The monoisotopic (exact) mass is 540 g/mol. The number of alkyl halides is 2. The first-order valence-electron chi connectivity index (χ1n) is 12.5. The summed E-state index contributed by atoms with van der Waals surface area (Å²) in [6, 6.07) is 27.2. The number of imide groups is 1. The Labute approximate surface area is 229 Å². The van der Waals surface area contributed by atoms with Gasteiger partial charge in [-0.3, -0.25) is 19.3 Å². The van der Waals surface area contributed by atoms with Crippen LogP contribution in [0.1, 0.15) is 29.2 Å². The van der Waals surface area contributed by atoms with E-state index in [1.54, 1.807) is 13.0 Å². The molecule has 4 aromatic rings. The summed E-state index contributed by atoms with van der Waals surface area (Å²) in [5, 5.41) is 4.76. The first-order valence-corrected chi connectivity index (χ1v) is 13.3. The highest BCUT2D eigenvalue weighted by atomic mass is 35.5. The number of likely N-dealkylation sites (tertiary alicyclic amines) is 1. The third-order valence-corrected chi connectivity index (χ3v) is 9.72. The molecule has 0 radical (unpaired) electrons. The quantitative estimate of drug-likeness (QED) is 0.265. The maximum Gasteiger partial charge on any atom is 0.247 e. The summed E-state index contributed by atoms with van der Waals surface area (Å²) < 4.78 is 0. The normalized spacial score (nSPS) is 27.6. The van der Waals surface area contributed by atoms with E-state index in [4.69, 9.17) is 23.2 Å². The minimum atomic E-state index is -1.28. The summed E-state index contributed by atoms with van der Waals surface area (Å²) >= 11 is 14.9. The van der Waals surface area contributed by atoms with Gasteiger partial charge in [0.15, 0.2) is 0 Å².